The van der Waals surface area contributed by atoms with Gasteiger partial charge in [-0.25, -0.2) is 13.5 Å². The molecule has 0 radical (unpaired) electrons. The lowest BCUT2D eigenvalue weighted by Crippen LogP contribution is -2.26. The summed E-state index contributed by atoms with van der Waals surface area (Å²) in [5.41, 5.74) is 0.959. The molecule has 148 valence electrons. The number of halogens is 2. The molecule has 1 aromatic heterocycles. The molecule has 0 spiro atoms. The van der Waals surface area contributed by atoms with E-state index in [1.54, 1.807) is 48.5 Å². The quantitative estimate of drug-likeness (QED) is 0.499. The van der Waals surface area contributed by atoms with Gasteiger partial charge in [0, 0.05) is 10.9 Å². The zero-order valence-electron chi connectivity index (χ0n) is 15.7. The molecule has 0 saturated heterocycles. The van der Waals surface area contributed by atoms with Crippen LogP contribution in [-0.2, 0) is 6.54 Å². The Hall–Kier alpha value is -4.05. The Morgan fingerprint density at radius 1 is 0.967 bits per heavy atom. The van der Waals surface area contributed by atoms with E-state index in [2.05, 4.69) is 5.10 Å². The van der Waals surface area contributed by atoms with Crippen molar-refractivity contribution in [3.8, 4) is 23.1 Å². The van der Waals surface area contributed by atoms with Crippen molar-refractivity contribution in [2.75, 3.05) is 6.61 Å². The molecule has 0 unspecified atom stereocenters. The second-order valence-electron chi connectivity index (χ2n) is 6.54. The van der Waals surface area contributed by atoms with E-state index >= 15 is 0 Å². The highest BCUT2D eigenvalue weighted by Crippen LogP contribution is 2.26. The van der Waals surface area contributed by atoms with E-state index in [-0.39, 0.29) is 18.7 Å². The Balaban J connectivity index is 1.67. The molecular weight excluding hydrogens is 388 g/mol. The summed E-state index contributed by atoms with van der Waals surface area (Å²) in [5.74, 6) is -1.38. The van der Waals surface area contributed by atoms with Crippen molar-refractivity contribution in [3.63, 3.8) is 0 Å². The van der Waals surface area contributed by atoms with Crippen molar-refractivity contribution in [2.45, 2.75) is 6.54 Å². The van der Waals surface area contributed by atoms with Crippen LogP contribution >= 0.6 is 0 Å². The molecule has 0 aliphatic rings. The van der Waals surface area contributed by atoms with Gasteiger partial charge >= 0.3 is 0 Å². The average molecular weight is 403 g/mol. The minimum absolute atomic E-state index is 0.153. The first-order valence-electron chi connectivity index (χ1n) is 9.15. The normalized spacial score (nSPS) is 10.7. The van der Waals surface area contributed by atoms with Gasteiger partial charge < -0.3 is 4.74 Å². The fourth-order valence-corrected chi connectivity index (χ4v) is 3.12. The first kappa shape index (κ1) is 19.3. The van der Waals surface area contributed by atoms with Gasteiger partial charge in [-0.3, -0.25) is 4.79 Å². The molecule has 3 aromatic carbocycles. The predicted molar refractivity (Wildman–Crippen MR) is 108 cm³/mol. The summed E-state index contributed by atoms with van der Waals surface area (Å²) in [6.45, 7) is 0.314. The predicted octanol–water partition coefficient (Wildman–Crippen LogP) is 4.29. The number of hydrogen-bond donors (Lipinski definition) is 0. The third-order valence-corrected chi connectivity index (χ3v) is 4.62. The van der Waals surface area contributed by atoms with Crippen molar-refractivity contribution in [2.24, 2.45) is 0 Å². The Morgan fingerprint density at radius 3 is 2.40 bits per heavy atom. The molecular formula is C23H15F2N3O2. The van der Waals surface area contributed by atoms with Gasteiger partial charge in [-0.05, 0) is 48.5 Å². The summed E-state index contributed by atoms with van der Waals surface area (Å²) in [5, 5.41) is 14.2. The van der Waals surface area contributed by atoms with Crippen LogP contribution in [0.1, 0.15) is 5.56 Å². The van der Waals surface area contributed by atoms with Gasteiger partial charge in [0.1, 0.15) is 12.4 Å². The molecule has 0 N–H and O–H groups in total. The zero-order valence-corrected chi connectivity index (χ0v) is 15.7. The van der Waals surface area contributed by atoms with Crippen LogP contribution in [0.3, 0.4) is 0 Å². The molecule has 0 aliphatic heterocycles. The molecule has 4 rings (SSSR count). The Kier molecular flexibility index (Phi) is 5.22. The van der Waals surface area contributed by atoms with Crippen LogP contribution in [0, 0.1) is 23.0 Å². The van der Waals surface area contributed by atoms with Gasteiger partial charge in [-0.1, -0.05) is 18.2 Å². The molecule has 0 saturated carbocycles. The number of aromatic nitrogens is 2. The van der Waals surface area contributed by atoms with Gasteiger partial charge in [0.25, 0.3) is 5.56 Å². The van der Waals surface area contributed by atoms with Crippen LogP contribution in [-0.4, -0.2) is 16.4 Å². The minimum Gasteiger partial charge on any atom is -0.492 e. The lowest BCUT2D eigenvalue weighted by Gasteiger charge is -2.12. The monoisotopic (exact) mass is 403 g/mol. The van der Waals surface area contributed by atoms with Crippen molar-refractivity contribution >= 4 is 10.8 Å². The van der Waals surface area contributed by atoms with Gasteiger partial charge in [0.2, 0.25) is 0 Å². The molecule has 7 heteroatoms. The number of hydrogen-bond acceptors (Lipinski definition) is 4. The third kappa shape index (κ3) is 3.76. The smallest absolute Gasteiger partial charge is 0.274 e. The fourth-order valence-electron chi connectivity index (χ4n) is 3.12. The lowest BCUT2D eigenvalue weighted by molar-refractivity contribution is 0.288. The maximum atomic E-state index is 13.8. The molecule has 5 nitrogen and oxygen atoms in total. The first-order chi connectivity index (χ1) is 14.6. The second-order valence-corrected chi connectivity index (χ2v) is 6.54. The second kappa shape index (κ2) is 8.13. The average Bonchev–Trinajstić information content (AvgIpc) is 2.78. The van der Waals surface area contributed by atoms with E-state index in [4.69, 9.17) is 10.00 Å². The minimum atomic E-state index is -0.986. The van der Waals surface area contributed by atoms with E-state index in [0.717, 1.165) is 12.1 Å². The highest BCUT2D eigenvalue weighted by atomic mass is 19.2. The van der Waals surface area contributed by atoms with E-state index in [0.29, 0.717) is 33.3 Å². The molecule has 4 aromatic rings. The van der Waals surface area contributed by atoms with Crippen LogP contribution < -0.4 is 10.3 Å². The molecule has 0 aliphatic carbocycles. The van der Waals surface area contributed by atoms with Crippen molar-refractivity contribution in [1.82, 2.24) is 9.78 Å². The lowest BCUT2D eigenvalue weighted by atomic mass is 10.0. The van der Waals surface area contributed by atoms with Gasteiger partial charge in [0.15, 0.2) is 11.6 Å². The summed E-state index contributed by atoms with van der Waals surface area (Å²) in [4.78, 5) is 12.8. The van der Waals surface area contributed by atoms with Crippen LogP contribution in [0.15, 0.2) is 71.5 Å². The number of fused-ring (bicyclic) bond motifs is 1. The summed E-state index contributed by atoms with van der Waals surface area (Å²) in [7, 11) is 0. The zero-order chi connectivity index (χ0) is 21.1. The van der Waals surface area contributed by atoms with Gasteiger partial charge in [-0.2, -0.15) is 10.4 Å². The van der Waals surface area contributed by atoms with Crippen LogP contribution in [0.5, 0.6) is 5.75 Å². The van der Waals surface area contributed by atoms with Crippen molar-refractivity contribution < 1.29 is 13.5 Å². The largest absolute Gasteiger partial charge is 0.492 e. The van der Waals surface area contributed by atoms with E-state index in [9.17, 15) is 13.6 Å². The topological polar surface area (TPSA) is 67.9 Å². The third-order valence-electron chi connectivity index (χ3n) is 4.62. The number of nitriles is 1. The number of rotatable bonds is 5. The first-order valence-corrected chi connectivity index (χ1v) is 9.15. The van der Waals surface area contributed by atoms with Crippen molar-refractivity contribution in [1.29, 1.82) is 5.26 Å². The van der Waals surface area contributed by atoms with Crippen LogP contribution in [0.2, 0.25) is 0 Å². The molecule has 1 heterocycles. The molecule has 0 amide bonds. The van der Waals surface area contributed by atoms with Crippen molar-refractivity contribution in [3.05, 3.63) is 94.3 Å². The summed E-state index contributed by atoms with van der Waals surface area (Å²) in [6, 6.07) is 19.0. The Morgan fingerprint density at radius 2 is 1.70 bits per heavy atom. The van der Waals surface area contributed by atoms with E-state index < -0.39 is 11.6 Å². The summed E-state index contributed by atoms with van der Waals surface area (Å²) in [6.07, 6.45) is 0. The van der Waals surface area contributed by atoms with E-state index in [1.807, 2.05) is 6.07 Å². The van der Waals surface area contributed by atoms with Crippen LogP contribution in [0.25, 0.3) is 22.0 Å². The maximum absolute atomic E-state index is 13.8. The summed E-state index contributed by atoms with van der Waals surface area (Å²) >= 11 is 0. The number of ether oxygens (including phenoxy) is 1. The molecule has 0 fully saturated rings. The van der Waals surface area contributed by atoms with Gasteiger partial charge in [-0.15, -0.1) is 0 Å². The standard InChI is InChI=1S/C23H15F2N3O2/c24-20-10-7-16(13-21(20)25)22-18-3-1-2-4-19(18)23(29)28(27-22)11-12-30-17-8-5-15(14-26)6-9-17/h1-10,13H,11-12H2. The maximum Gasteiger partial charge on any atom is 0.274 e. The number of benzene rings is 3. The molecule has 0 bridgehead atoms. The van der Waals surface area contributed by atoms with Gasteiger partial charge in [0.05, 0.1) is 29.3 Å². The molecule has 0 atom stereocenters. The molecule has 30 heavy (non-hydrogen) atoms. The fraction of sp³-hybridized carbons (Fsp3) is 0.0870. The van der Waals surface area contributed by atoms with Crippen LogP contribution in [0.4, 0.5) is 8.78 Å². The Bertz CT molecular complexity index is 1330. The summed E-state index contributed by atoms with van der Waals surface area (Å²) < 4.78 is 34.0. The highest BCUT2D eigenvalue weighted by molar-refractivity contribution is 5.93. The highest BCUT2D eigenvalue weighted by Gasteiger charge is 2.14. The van der Waals surface area contributed by atoms with E-state index in [1.165, 1.54) is 10.7 Å². The Labute approximate surface area is 170 Å². The SMILES string of the molecule is N#Cc1ccc(OCCn2nc(-c3ccc(F)c(F)c3)c3ccccc3c2=O)cc1. The number of nitrogens with zero attached hydrogens (tertiary/aromatic N) is 3.